The molecular formula is C16H20FN5O2S. The number of benzene rings is 1. The summed E-state index contributed by atoms with van der Waals surface area (Å²) < 4.78 is 12.8. The van der Waals surface area contributed by atoms with Gasteiger partial charge in [0.1, 0.15) is 10.8 Å². The van der Waals surface area contributed by atoms with Gasteiger partial charge >= 0.3 is 6.03 Å². The first-order chi connectivity index (χ1) is 11.9. The van der Waals surface area contributed by atoms with Gasteiger partial charge in [0.25, 0.3) is 5.91 Å². The minimum absolute atomic E-state index is 0.168. The molecule has 25 heavy (non-hydrogen) atoms. The average Bonchev–Trinajstić information content (AvgIpc) is 3.04. The van der Waals surface area contributed by atoms with Gasteiger partial charge in [0.15, 0.2) is 0 Å². The van der Waals surface area contributed by atoms with Gasteiger partial charge in [-0.25, -0.2) is 9.18 Å². The Hall–Kier alpha value is -2.55. The van der Waals surface area contributed by atoms with E-state index in [-0.39, 0.29) is 23.4 Å². The van der Waals surface area contributed by atoms with E-state index in [2.05, 4.69) is 40.0 Å². The highest BCUT2D eigenvalue weighted by Gasteiger charge is 2.13. The summed E-state index contributed by atoms with van der Waals surface area (Å²) in [5, 5.41) is 16.4. The van der Waals surface area contributed by atoms with E-state index in [0.29, 0.717) is 23.2 Å². The fourth-order valence-corrected chi connectivity index (χ4v) is 2.50. The molecule has 134 valence electrons. The van der Waals surface area contributed by atoms with Gasteiger partial charge in [-0.1, -0.05) is 25.2 Å². The summed E-state index contributed by atoms with van der Waals surface area (Å²) in [6.45, 7) is 4.96. The highest BCUT2D eigenvalue weighted by Crippen LogP contribution is 2.13. The summed E-state index contributed by atoms with van der Waals surface area (Å²) in [6.07, 6.45) is 0.903. The van der Waals surface area contributed by atoms with Crippen molar-refractivity contribution in [2.45, 2.75) is 26.8 Å². The molecule has 0 aliphatic carbocycles. The number of aromatic nitrogens is 2. The number of halogens is 1. The largest absolute Gasteiger partial charge is 0.338 e. The maximum Gasteiger partial charge on any atom is 0.315 e. The summed E-state index contributed by atoms with van der Waals surface area (Å²) in [7, 11) is 0. The molecule has 3 amide bonds. The fraction of sp³-hybridized carbons (Fsp3) is 0.375. The molecule has 0 spiro atoms. The second-order valence-electron chi connectivity index (χ2n) is 5.75. The molecule has 9 heteroatoms. The smallest absolute Gasteiger partial charge is 0.315 e. The molecular weight excluding hydrogens is 345 g/mol. The van der Waals surface area contributed by atoms with Crippen molar-refractivity contribution < 1.29 is 14.0 Å². The Morgan fingerprint density at radius 2 is 1.88 bits per heavy atom. The number of urea groups is 1. The lowest BCUT2D eigenvalue weighted by Crippen LogP contribution is -2.35. The molecule has 3 N–H and O–H groups in total. The third kappa shape index (κ3) is 6.46. The standard InChI is InChI=1S/C16H20FN5O2S/c1-10(2)7-8-18-16(24)19-9-13-21-22-15(25-13)14(23)20-12-5-3-11(17)4-6-12/h3-6,10H,7-9H2,1-2H3,(H,20,23)(H2,18,19,24). The van der Waals surface area contributed by atoms with E-state index in [1.807, 2.05) is 0 Å². The minimum Gasteiger partial charge on any atom is -0.338 e. The normalized spacial score (nSPS) is 10.6. The maximum atomic E-state index is 12.8. The van der Waals surface area contributed by atoms with Crippen LogP contribution >= 0.6 is 11.3 Å². The van der Waals surface area contributed by atoms with Gasteiger partial charge in [-0.05, 0) is 36.6 Å². The van der Waals surface area contributed by atoms with Crippen molar-refractivity contribution in [3.8, 4) is 0 Å². The molecule has 0 saturated carbocycles. The first-order valence-corrected chi connectivity index (χ1v) is 8.66. The minimum atomic E-state index is -0.434. The van der Waals surface area contributed by atoms with Crippen molar-refractivity contribution in [2.75, 3.05) is 11.9 Å². The quantitative estimate of drug-likeness (QED) is 0.703. The van der Waals surface area contributed by atoms with Gasteiger partial charge in [-0.2, -0.15) is 0 Å². The van der Waals surface area contributed by atoms with Crippen molar-refractivity contribution in [3.63, 3.8) is 0 Å². The zero-order chi connectivity index (χ0) is 18.2. The van der Waals surface area contributed by atoms with Gasteiger partial charge in [-0.3, -0.25) is 4.79 Å². The Bertz CT molecular complexity index is 718. The molecule has 2 rings (SSSR count). The number of rotatable bonds is 7. The molecule has 1 aromatic heterocycles. The summed E-state index contributed by atoms with van der Waals surface area (Å²) >= 11 is 1.08. The van der Waals surface area contributed by atoms with Crippen LogP contribution in [0.1, 0.15) is 35.1 Å². The first-order valence-electron chi connectivity index (χ1n) is 7.85. The Balaban J connectivity index is 1.80. The second-order valence-corrected chi connectivity index (χ2v) is 6.82. The van der Waals surface area contributed by atoms with E-state index >= 15 is 0 Å². The molecule has 7 nitrogen and oxygen atoms in total. The van der Waals surface area contributed by atoms with Crippen LogP contribution in [-0.2, 0) is 6.54 Å². The van der Waals surface area contributed by atoms with Gasteiger partial charge in [0, 0.05) is 12.2 Å². The van der Waals surface area contributed by atoms with Crippen molar-refractivity contribution in [1.29, 1.82) is 0 Å². The lowest BCUT2D eigenvalue weighted by molar-refractivity contribution is 0.102. The van der Waals surface area contributed by atoms with E-state index in [4.69, 9.17) is 0 Å². The number of nitrogens with zero attached hydrogens (tertiary/aromatic N) is 2. The van der Waals surface area contributed by atoms with Crippen LogP contribution in [0.4, 0.5) is 14.9 Å². The Morgan fingerprint density at radius 1 is 1.16 bits per heavy atom. The molecule has 1 heterocycles. The Labute approximate surface area is 149 Å². The maximum absolute atomic E-state index is 12.8. The number of carbonyl (C=O) groups is 2. The van der Waals surface area contributed by atoms with Crippen LogP contribution in [0.15, 0.2) is 24.3 Å². The van der Waals surface area contributed by atoms with Crippen molar-refractivity contribution in [2.24, 2.45) is 5.92 Å². The molecule has 0 aliphatic heterocycles. The number of carbonyl (C=O) groups excluding carboxylic acids is 2. The summed E-state index contributed by atoms with van der Waals surface area (Å²) in [6, 6.07) is 5.13. The molecule has 0 atom stereocenters. The monoisotopic (exact) mass is 365 g/mol. The van der Waals surface area contributed by atoms with Crippen LogP contribution in [0.2, 0.25) is 0 Å². The van der Waals surface area contributed by atoms with E-state index in [9.17, 15) is 14.0 Å². The van der Waals surface area contributed by atoms with Crippen LogP contribution in [0, 0.1) is 11.7 Å². The summed E-state index contributed by atoms with van der Waals surface area (Å²) in [4.78, 5) is 23.7. The van der Waals surface area contributed by atoms with Crippen LogP contribution in [0.3, 0.4) is 0 Å². The predicted octanol–water partition coefficient (Wildman–Crippen LogP) is 2.77. The number of amides is 3. The molecule has 0 unspecified atom stereocenters. The number of hydrogen-bond acceptors (Lipinski definition) is 5. The number of nitrogens with one attached hydrogen (secondary N) is 3. The Kier molecular flexibility index (Phi) is 6.81. The predicted molar refractivity (Wildman–Crippen MR) is 94.0 cm³/mol. The molecule has 2 aromatic rings. The molecule has 0 radical (unpaired) electrons. The van der Waals surface area contributed by atoms with E-state index in [1.165, 1.54) is 24.3 Å². The lowest BCUT2D eigenvalue weighted by atomic mass is 10.1. The number of hydrogen-bond donors (Lipinski definition) is 3. The van der Waals surface area contributed by atoms with Gasteiger partial charge < -0.3 is 16.0 Å². The first kappa shape index (κ1) is 18.8. The third-order valence-corrected chi connectivity index (χ3v) is 4.09. The van der Waals surface area contributed by atoms with E-state index in [1.54, 1.807) is 0 Å². The molecule has 0 fully saturated rings. The van der Waals surface area contributed by atoms with E-state index < -0.39 is 5.91 Å². The zero-order valence-corrected chi connectivity index (χ0v) is 14.8. The number of anilines is 1. The van der Waals surface area contributed by atoms with Crippen LogP contribution in [-0.4, -0.2) is 28.7 Å². The SMILES string of the molecule is CC(C)CCNC(=O)NCc1nnc(C(=O)Nc2ccc(F)cc2)s1. The highest BCUT2D eigenvalue weighted by molar-refractivity contribution is 7.13. The van der Waals surface area contributed by atoms with Gasteiger partial charge in [0.2, 0.25) is 5.01 Å². The molecule has 0 saturated heterocycles. The van der Waals surface area contributed by atoms with Gasteiger partial charge in [0.05, 0.1) is 6.54 Å². The Morgan fingerprint density at radius 3 is 2.56 bits per heavy atom. The van der Waals surface area contributed by atoms with E-state index in [0.717, 1.165) is 17.8 Å². The average molecular weight is 365 g/mol. The van der Waals surface area contributed by atoms with Crippen LogP contribution < -0.4 is 16.0 Å². The van der Waals surface area contributed by atoms with Crippen LogP contribution in [0.25, 0.3) is 0 Å². The van der Waals surface area contributed by atoms with Crippen LogP contribution in [0.5, 0.6) is 0 Å². The highest BCUT2D eigenvalue weighted by atomic mass is 32.1. The third-order valence-electron chi connectivity index (χ3n) is 3.17. The van der Waals surface area contributed by atoms with Crippen molar-refractivity contribution in [1.82, 2.24) is 20.8 Å². The summed E-state index contributed by atoms with van der Waals surface area (Å²) in [5.41, 5.74) is 0.464. The zero-order valence-electron chi connectivity index (χ0n) is 14.0. The molecule has 1 aromatic carbocycles. The fourth-order valence-electron chi connectivity index (χ4n) is 1.83. The molecule has 0 aliphatic rings. The van der Waals surface area contributed by atoms with Gasteiger partial charge in [-0.15, -0.1) is 10.2 Å². The topological polar surface area (TPSA) is 96.0 Å². The van der Waals surface area contributed by atoms with Crippen molar-refractivity contribution >= 4 is 29.0 Å². The summed E-state index contributed by atoms with van der Waals surface area (Å²) in [5.74, 6) is -0.295. The molecule has 0 bridgehead atoms. The lowest BCUT2D eigenvalue weighted by Gasteiger charge is -2.07. The van der Waals surface area contributed by atoms with Crippen molar-refractivity contribution in [3.05, 3.63) is 40.1 Å². The second kappa shape index (κ2) is 9.07.